The van der Waals surface area contributed by atoms with E-state index in [4.69, 9.17) is 11.6 Å². The van der Waals surface area contributed by atoms with Crippen LogP contribution in [-0.4, -0.2) is 32.9 Å². The first-order chi connectivity index (χ1) is 12.6. The summed E-state index contributed by atoms with van der Waals surface area (Å²) in [4.78, 5) is 12.5. The zero-order chi connectivity index (χ0) is 20.2. The Bertz CT molecular complexity index is 940. The number of nitrogens with one attached hydrogen (secondary N) is 1. The van der Waals surface area contributed by atoms with Gasteiger partial charge in [-0.3, -0.25) is 9.10 Å². The van der Waals surface area contributed by atoms with Gasteiger partial charge in [0.2, 0.25) is 15.9 Å². The fraction of sp³-hybridized carbons (Fsp3) is 0.235. The predicted molar refractivity (Wildman–Crippen MR) is 105 cm³/mol. The van der Waals surface area contributed by atoms with Gasteiger partial charge in [0.05, 0.1) is 27.5 Å². The summed E-state index contributed by atoms with van der Waals surface area (Å²) in [6.07, 6.45) is 0.990. The Morgan fingerprint density at radius 1 is 1.22 bits per heavy atom. The number of amides is 1. The van der Waals surface area contributed by atoms with Crippen molar-refractivity contribution in [1.29, 1.82) is 0 Å². The van der Waals surface area contributed by atoms with E-state index in [1.165, 1.54) is 18.2 Å². The van der Waals surface area contributed by atoms with Crippen molar-refractivity contribution < 1.29 is 22.0 Å². The number of aryl methyl sites for hydroxylation is 1. The zero-order valence-corrected chi connectivity index (χ0v) is 16.8. The van der Waals surface area contributed by atoms with Gasteiger partial charge in [0.1, 0.15) is 6.54 Å². The van der Waals surface area contributed by atoms with E-state index in [1.807, 2.05) is 0 Å². The van der Waals surface area contributed by atoms with Crippen LogP contribution in [0.3, 0.4) is 0 Å². The van der Waals surface area contributed by atoms with Gasteiger partial charge in [-0.15, -0.1) is 0 Å². The maximum absolute atomic E-state index is 12.8. The number of carbonyl (C=O) groups is 1. The third-order valence-electron chi connectivity index (χ3n) is 3.52. The first-order valence-corrected chi connectivity index (χ1v) is 10.8. The maximum Gasteiger partial charge on any atom is 0.289 e. The van der Waals surface area contributed by atoms with Gasteiger partial charge in [-0.25, -0.2) is 8.42 Å². The number of thioether (sulfide) groups is 1. The van der Waals surface area contributed by atoms with Crippen molar-refractivity contribution >= 4 is 50.7 Å². The number of benzene rings is 2. The summed E-state index contributed by atoms with van der Waals surface area (Å²) in [5.41, 5.74) is 1.13. The van der Waals surface area contributed by atoms with E-state index in [-0.39, 0.29) is 27.4 Å². The van der Waals surface area contributed by atoms with Crippen molar-refractivity contribution in [3.05, 3.63) is 53.1 Å². The molecule has 0 unspecified atom stereocenters. The van der Waals surface area contributed by atoms with E-state index in [0.717, 1.165) is 10.6 Å². The number of para-hydroxylation sites is 1. The first-order valence-electron chi connectivity index (χ1n) is 7.66. The van der Waals surface area contributed by atoms with Crippen molar-refractivity contribution in [2.45, 2.75) is 17.6 Å². The number of hydrogen-bond acceptors (Lipinski definition) is 4. The molecule has 27 heavy (non-hydrogen) atoms. The molecule has 0 saturated carbocycles. The number of alkyl halides is 2. The summed E-state index contributed by atoms with van der Waals surface area (Å²) in [5, 5.41) is 2.53. The summed E-state index contributed by atoms with van der Waals surface area (Å²) < 4.78 is 50.8. The number of anilines is 2. The number of hydrogen-bond donors (Lipinski definition) is 1. The minimum atomic E-state index is -3.74. The zero-order valence-electron chi connectivity index (χ0n) is 14.4. The quantitative estimate of drug-likeness (QED) is 0.657. The first kappa shape index (κ1) is 21.5. The molecule has 0 aromatic heterocycles. The predicted octanol–water partition coefficient (Wildman–Crippen LogP) is 4.37. The average molecular weight is 435 g/mol. The minimum absolute atomic E-state index is 0.0179. The highest BCUT2D eigenvalue weighted by Crippen LogP contribution is 2.37. The summed E-state index contributed by atoms with van der Waals surface area (Å²) in [5.74, 6) is -3.40. The third kappa shape index (κ3) is 5.82. The van der Waals surface area contributed by atoms with Crippen LogP contribution >= 0.6 is 23.4 Å². The number of carbonyl (C=O) groups excluding carboxylic acids is 1. The van der Waals surface area contributed by atoms with E-state index in [0.29, 0.717) is 11.3 Å². The molecule has 0 aliphatic carbocycles. The van der Waals surface area contributed by atoms with Crippen LogP contribution in [-0.2, 0) is 14.8 Å². The fourth-order valence-corrected chi connectivity index (χ4v) is 4.19. The molecule has 0 heterocycles. The van der Waals surface area contributed by atoms with Gasteiger partial charge in [0, 0.05) is 0 Å². The maximum atomic E-state index is 12.8. The Balaban J connectivity index is 2.28. The van der Waals surface area contributed by atoms with Crippen LogP contribution < -0.4 is 9.62 Å². The Morgan fingerprint density at radius 3 is 2.48 bits per heavy atom. The van der Waals surface area contributed by atoms with E-state index in [9.17, 15) is 22.0 Å². The molecule has 0 saturated heterocycles. The molecular weight excluding hydrogens is 418 g/mol. The topological polar surface area (TPSA) is 66.5 Å². The van der Waals surface area contributed by atoms with Gasteiger partial charge < -0.3 is 5.32 Å². The lowest BCUT2D eigenvalue weighted by Crippen LogP contribution is -2.37. The lowest BCUT2D eigenvalue weighted by molar-refractivity contribution is -0.114. The molecule has 1 amide bonds. The molecule has 0 bridgehead atoms. The number of halogens is 3. The Kier molecular flexibility index (Phi) is 7.07. The smallest absolute Gasteiger partial charge is 0.289 e. The van der Waals surface area contributed by atoms with Gasteiger partial charge >= 0.3 is 0 Å². The minimum Gasteiger partial charge on any atom is -0.323 e. The van der Waals surface area contributed by atoms with Crippen molar-refractivity contribution in [2.75, 3.05) is 22.4 Å². The molecular formula is C17H17ClF2N2O3S2. The van der Waals surface area contributed by atoms with Crippen LogP contribution in [0.1, 0.15) is 5.56 Å². The molecule has 0 atom stereocenters. The van der Waals surface area contributed by atoms with E-state index in [2.05, 4.69) is 5.32 Å². The molecule has 2 aromatic rings. The van der Waals surface area contributed by atoms with Crippen LogP contribution in [0.5, 0.6) is 0 Å². The van der Waals surface area contributed by atoms with Crippen LogP contribution in [0, 0.1) is 6.92 Å². The van der Waals surface area contributed by atoms with E-state index < -0.39 is 28.2 Å². The molecule has 0 fully saturated rings. The largest absolute Gasteiger partial charge is 0.323 e. The summed E-state index contributed by atoms with van der Waals surface area (Å²) in [6, 6.07) is 11.1. The third-order valence-corrected chi connectivity index (χ3v) is 5.93. The molecule has 10 heteroatoms. The number of rotatable bonds is 7. The van der Waals surface area contributed by atoms with Gasteiger partial charge in [-0.05, 0) is 30.7 Å². The number of nitrogens with zero attached hydrogens (tertiary/aromatic N) is 1. The molecule has 146 valence electrons. The normalized spacial score (nSPS) is 11.5. The average Bonchev–Trinajstić information content (AvgIpc) is 2.55. The SMILES string of the molecule is Cc1ccccc1N(CC(=O)Nc1cccc(Cl)c1SC(F)F)S(C)(=O)=O. The van der Waals surface area contributed by atoms with Gasteiger partial charge in [-0.1, -0.05) is 47.6 Å². The summed E-state index contributed by atoms with van der Waals surface area (Å²) in [6.45, 7) is 1.22. The van der Waals surface area contributed by atoms with Crippen molar-refractivity contribution in [3.8, 4) is 0 Å². The van der Waals surface area contributed by atoms with E-state index >= 15 is 0 Å². The summed E-state index contributed by atoms with van der Waals surface area (Å²) in [7, 11) is -3.74. The van der Waals surface area contributed by atoms with E-state index in [1.54, 1.807) is 31.2 Å². The van der Waals surface area contributed by atoms with Gasteiger partial charge in [0.15, 0.2) is 0 Å². The fourth-order valence-electron chi connectivity index (χ4n) is 2.36. The second kappa shape index (κ2) is 8.90. The second-order valence-corrected chi connectivity index (χ2v) is 8.91. The van der Waals surface area contributed by atoms with Crippen molar-refractivity contribution in [3.63, 3.8) is 0 Å². The highest BCUT2D eigenvalue weighted by molar-refractivity contribution is 7.99. The van der Waals surface area contributed by atoms with Crippen molar-refractivity contribution in [2.24, 2.45) is 0 Å². The highest BCUT2D eigenvalue weighted by Gasteiger charge is 2.23. The van der Waals surface area contributed by atoms with Crippen LogP contribution in [0.15, 0.2) is 47.4 Å². The van der Waals surface area contributed by atoms with Gasteiger partial charge in [-0.2, -0.15) is 8.78 Å². The second-order valence-electron chi connectivity index (χ2n) is 5.60. The Morgan fingerprint density at radius 2 is 1.89 bits per heavy atom. The van der Waals surface area contributed by atoms with Gasteiger partial charge in [0.25, 0.3) is 5.76 Å². The van der Waals surface area contributed by atoms with Crippen molar-refractivity contribution in [1.82, 2.24) is 0 Å². The molecule has 2 aromatic carbocycles. The molecule has 1 N–H and O–H groups in total. The molecule has 0 aliphatic rings. The Labute approximate surface area is 165 Å². The molecule has 0 aliphatic heterocycles. The standard InChI is InChI=1S/C17H17ClF2N2O3S2/c1-11-6-3-4-9-14(11)22(27(2,24)25)10-15(23)21-13-8-5-7-12(18)16(13)26-17(19)20/h3-9,17H,10H2,1-2H3,(H,21,23). The lowest BCUT2D eigenvalue weighted by atomic mass is 10.2. The molecule has 0 radical (unpaired) electrons. The summed E-state index contributed by atoms with van der Waals surface area (Å²) >= 11 is 6.15. The number of sulfonamides is 1. The van der Waals surface area contributed by atoms with Crippen LogP contribution in [0.2, 0.25) is 5.02 Å². The molecule has 2 rings (SSSR count). The lowest BCUT2D eigenvalue weighted by Gasteiger charge is -2.23. The molecule has 5 nitrogen and oxygen atoms in total. The monoisotopic (exact) mass is 434 g/mol. The molecule has 0 spiro atoms. The van der Waals surface area contributed by atoms with Crippen LogP contribution in [0.4, 0.5) is 20.2 Å². The highest BCUT2D eigenvalue weighted by atomic mass is 35.5. The van der Waals surface area contributed by atoms with Crippen LogP contribution in [0.25, 0.3) is 0 Å². The Hall–Kier alpha value is -1.84.